The highest BCUT2D eigenvalue weighted by Crippen LogP contribution is 2.28. The lowest BCUT2D eigenvalue weighted by molar-refractivity contribution is -0.114. The fourth-order valence-electron chi connectivity index (χ4n) is 2.26. The number of anilines is 2. The number of carbonyl (C=O) groups is 2. The van der Waals surface area contributed by atoms with E-state index in [0.717, 1.165) is 5.56 Å². The first-order chi connectivity index (χ1) is 12.5. The molecule has 0 aliphatic carbocycles. The molecule has 0 atom stereocenters. The molecule has 136 valence electrons. The highest BCUT2D eigenvalue weighted by molar-refractivity contribution is 6.02. The van der Waals surface area contributed by atoms with Gasteiger partial charge in [-0.25, -0.2) is 0 Å². The molecule has 0 saturated heterocycles. The molecular weight excluding hydrogens is 332 g/mol. The summed E-state index contributed by atoms with van der Waals surface area (Å²) in [6.45, 7) is 3.89. The molecule has 2 aromatic carbocycles. The molecule has 2 rings (SSSR count). The molecule has 6 heteroatoms. The number of hydrogen-bond acceptors (Lipinski definition) is 4. The van der Waals surface area contributed by atoms with E-state index < -0.39 is 0 Å². The lowest BCUT2D eigenvalue weighted by Gasteiger charge is -2.09. The Kier molecular flexibility index (Phi) is 6.79. The third-order valence-electron chi connectivity index (χ3n) is 3.39. The van der Waals surface area contributed by atoms with Gasteiger partial charge in [0, 0.05) is 24.4 Å². The van der Waals surface area contributed by atoms with Crippen LogP contribution in [-0.2, 0) is 9.59 Å². The maximum Gasteiger partial charge on any atom is 0.248 e. The van der Waals surface area contributed by atoms with Gasteiger partial charge in [-0.3, -0.25) is 9.59 Å². The van der Waals surface area contributed by atoms with Crippen molar-refractivity contribution in [1.29, 1.82) is 0 Å². The quantitative estimate of drug-likeness (QED) is 0.743. The first kappa shape index (κ1) is 19.1. The van der Waals surface area contributed by atoms with Crippen LogP contribution in [0.1, 0.15) is 19.4 Å². The van der Waals surface area contributed by atoms with E-state index >= 15 is 0 Å². The zero-order chi connectivity index (χ0) is 18.9. The monoisotopic (exact) mass is 354 g/mol. The van der Waals surface area contributed by atoms with Crippen LogP contribution in [0.3, 0.4) is 0 Å². The lowest BCUT2D eigenvalue weighted by Crippen LogP contribution is -2.08. The number of benzene rings is 2. The first-order valence-electron chi connectivity index (χ1n) is 8.19. The van der Waals surface area contributed by atoms with Gasteiger partial charge in [-0.2, -0.15) is 0 Å². The van der Waals surface area contributed by atoms with E-state index in [1.807, 2.05) is 13.0 Å². The average Bonchev–Trinajstić information content (AvgIpc) is 2.62. The van der Waals surface area contributed by atoms with Crippen LogP contribution in [0.4, 0.5) is 11.4 Å². The molecule has 0 unspecified atom stereocenters. The fourth-order valence-corrected chi connectivity index (χ4v) is 2.26. The van der Waals surface area contributed by atoms with Crippen LogP contribution in [-0.4, -0.2) is 25.5 Å². The Labute approximate surface area is 152 Å². The predicted octanol–water partition coefficient (Wildman–Crippen LogP) is 3.70. The summed E-state index contributed by atoms with van der Waals surface area (Å²) in [6, 6.07) is 12.3. The normalized spacial score (nSPS) is 10.4. The van der Waals surface area contributed by atoms with Crippen LogP contribution in [0.2, 0.25) is 0 Å². The minimum absolute atomic E-state index is 0.143. The van der Waals surface area contributed by atoms with Gasteiger partial charge in [0.15, 0.2) is 11.5 Å². The van der Waals surface area contributed by atoms with Crippen molar-refractivity contribution in [3.8, 4) is 11.5 Å². The number of ether oxygens (including phenoxy) is 2. The average molecular weight is 354 g/mol. The predicted molar refractivity (Wildman–Crippen MR) is 103 cm³/mol. The Balaban J connectivity index is 1.99. The first-order valence-corrected chi connectivity index (χ1v) is 8.19. The summed E-state index contributed by atoms with van der Waals surface area (Å²) in [5.74, 6) is 0.875. The molecule has 0 heterocycles. The summed E-state index contributed by atoms with van der Waals surface area (Å²) in [5.41, 5.74) is 2.13. The topological polar surface area (TPSA) is 76.7 Å². The second kappa shape index (κ2) is 9.27. The minimum Gasteiger partial charge on any atom is -0.493 e. The number of methoxy groups -OCH3 is 1. The van der Waals surface area contributed by atoms with Crippen LogP contribution >= 0.6 is 0 Å². The summed E-state index contributed by atoms with van der Waals surface area (Å²) in [5, 5.41) is 5.43. The molecule has 0 radical (unpaired) electrons. The van der Waals surface area contributed by atoms with Crippen molar-refractivity contribution in [2.24, 2.45) is 0 Å². The Morgan fingerprint density at radius 2 is 1.65 bits per heavy atom. The second-order valence-corrected chi connectivity index (χ2v) is 5.42. The summed E-state index contributed by atoms with van der Waals surface area (Å²) in [6.07, 6.45) is 3.14. The van der Waals surface area contributed by atoms with Crippen LogP contribution in [0, 0.1) is 0 Å². The van der Waals surface area contributed by atoms with Crippen molar-refractivity contribution >= 4 is 29.3 Å². The van der Waals surface area contributed by atoms with E-state index in [9.17, 15) is 9.59 Å². The number of carbonyl (C=O) groups excluding carboxylic acids is 2. The molecule has 6 nitrogen and oxygen atoms in total. The van der Waals surface area contributed by atoms with E-state index in [-0.39, 0.29) is 11.8 Å². The van der Waals surface area contributed by atoms with Crippen LogP contribution in [0.15, 0.2) is 48.5 Å². The zero-order valence-electron chi connectivity index (χ0n) is 15.0. The summed E-state index contributed by atoms with van der Waals surface area (Å²) >= 11 is 0. The number of rotatable bonds is 7. The van der Waals surface area contributed by atoms with Crippen molar-refractivity contribution in [3.63, 3.8) is 0 Å². The maximum absolute atomic E-state index is 12.0. The summed E-state index contributed by atoms with van der Waals surface area (Å²) in [7, 11) is 1.57. The van der Waals surface area contributed by atoms with E-state index in [1.165, 1.54) is 13.0 Å². The molecule has 0 aromatic heterocycles. The third kappa shape index (κ3) is 5.66. The fraction of sp³-hybridized carbons (Fsp3) is 0.200. The van der Waals surface area contributed by atoms with E-state index in [2.05, 4.69) is 10.6 Å². The molecule has 0 bridgehead atoms. The van der Waals surface area contributed by atoms with Gasteiger partial charge in [-0.1, -0.05) is 6.07 Å². The van der Waals surface area contributed by atoms with Gasteiger partial charge in [0.25, 0.3) is 0 Å². The Morgan fingerprint density at radius 1 is 1.00 bits per heavy atom. The molecule has 0 fully saturated rings. The van der Waals surface area contributed by atoms with Crippen LogP contribution in [0.5, 0.6) is 11.5 Å². The van der Waals surface area contributed by atoms with Crippen molar-refractivity contribution in [1.82, 2.24) is 0 Å². The van der Waals surface area contributed by atoms with Gasteiger partial charge >= 0.3 is 0 Å². The summed E-state index contributed by atoms with van der Waals surface area (Å²) < 4.78 is 10.8. The maximum atomic E-state index is 12.0. The van der Waals surface area contributed by atoms with E-state index in [4.69, 9.17) is 9.47 Å². The standard InChI is InChI=1S/C20H22N2O4/c1-4-26-18-11-5-15(13-19(18)25-3)6-12-20(24)22-17-9-7-16(8-10-17)21-14(2)23/h5-13H,4H2,1-3H3,(H,21,23)(H,22,24)/b12-6+. The molecule has 0 aliphatic rings. The Bertz CT molecular complexity index is 798. The van der Waals surface area contributed by atoms with Gasteiger partial charge in [-0.05, 0) is 55.0 Å². The summed E-state index contributed by atoms with van der Waals surface area (Å²) in [4.78, 5) is 23.0. The van der Waals surface area contributed by atoms with Crippen molar-refractivity contribution in [2.45, 2.75) is 13.8 Å². The SMILES string of the molecule is CCOc1ccc(/C=C/C(=O)Nc2ccc(NC(C)=O)cc2)cc1OC. The molecule has 0 saturated carbocycles. The van der Waals surface area contributed by atoms with Crippen LogP contribution in [0.25, 0.3) is 6.08 Å². The molecule has 0 spiro atoms. The third-order valence-corrected chi connectivity index (χ3v) is 3.39. The molecule has 26 heavy (non-hydrogen) atoms. The number of nitrogens with one attached hydrogen (secondary N) is 2. The zero-order valence-corrected chi connectivity index (χ0v) is 15.0. The van der Waals surface area contributed by atoms with Gasteiger partial charge in [0.2, 0.25) is 11.8 Å². The number of hydrogen-bond donors (Lipinski definition) is 2. The Hall–Kier alpha value is -3.28. The van der Waals surface area contributed by atoms with Gasteiger partial charge in [-0.15, -0.1) is 0 Å². The molecule has 0 aliphatic heterocycles. The largest absolute Gasteiger partial charge is 0.493 e. The van der Waals surface area contributed by atoms with Gasteiger partial charge < -0.3 is 20.1 Å². The van der Waals surface area contributed by atoms with E-state index in [1.54, 1.807) is 49.6 Å². The second-order valence-electron chi connectivity index (χ2n) is 5.42. The van der Waals surface area contributed by atoms with E-state index in [0.29, 0.717) is 29.5 Å². The molecule has 2 N–H and O–H groups in total. The molecule has 2 aromatic rings. The van der Waals surface area contributed by atoms with Gasteiger partial charge in [0.1, 0.15) is 0 Å². The highest BCUT2D eigenvalue weighted by Gasteiger charge is 2.04. The molecule has 2 amide bonds. The number of amides is 2. The minimum atomic E-state index is -0.259. The van der Waals surface area contributed by atoms with Crippen LogP contribution < -0.4 is 20.1 Å². The van der Waals surface area contributed by atoms with Crippen molar-refractivity contribution < 1.29 is 19.1 Å². The lowest BCUT2D eigenvalue weighted by atomic mass is 10.2. The molecular formula is C20H22N2O4. The highest BCUT2D eigenvalue weighted by atomic mass is 16.5. The van der Waals surface area contributed by atoms with Crippen molar-refractivity contribution in [2.75, 3.05) is 24.4 Å². The van der Waals surface area contributed by atoms with Gasteiger partial charge in [0.05, 0.1) is 13.7 Å². The van der Waals surface area contributed by atoms with Crippen molar-refractivity contribution in [3.05, 3.63) is 54.1 Å². The Morgan fingerprint density at radius 3 is 2.23 bits per heavy atom. The smallest absolute Gasteiger partial charge is 0.248 e.